The largest absolute Gasteiger partial charge is 0.343 e. The van der Waals surface area contributed by atoms with Crippen LogP contribution in [0.4, 0.5) is 0 Å². The molecule has 0 spiro atoms. The molecule has 2 heterocycles. The molecule has 0 atom stereocenters. The molecule has 138 valence electrons. The van der Waals surface area contributed by atoms with E-state index in [1.54, 1.807) is 6.92 Å². The van der Waals surface area contributed by atoms with Gasteiger partial charge in [0.15, 0.2) is 0 Å². The van der Waals surface area contributed by atoms with Crippen molar-refractivity contribution >= 4 is 5.91 Å². The summed E-state index contributed by atoms with van der Waals surface area (Å²) in [6, 6.07) is 11.0. The molecule has 4 nitrogen and oxygen atoms in total. The third kappa shape index (κ3) is 3.75. The molecule has 0 N–H and O–H groups in total. The van der Waals surface area contributed by atoms with Gasteiger partial charge in [0.25, 0.3) is 0 Å². The minimum Gasteiger partial charge on any atom is -0.343 e. The molecule has 0 aliphatic carbocycles. The van der Waals surface area contributed by atoms with Gasteiger partial charge in [-0.15, -0.1) is 0 Å². The van der Waals surface area contributed by atoms with Gasteiger partial charge in [-0.3, -0.25) is 14.6 Å². The maximum absolute atomic E-state index is 11.8. The number of benzene rings is 1. The Kier molecular flexibility index (Phi) is 5.21. The molecule has 0 aromatic heterocycles. The van der Waals surface area contributed by atoms with Crippen LogP contribution in [0.3, 0.4) is 0 Å². The monoisotopic (exact) mass is 343 g/mol. The highest BCUT2D eigenvalue weighted by atomic mass is 16.2. The number of piperidine rings is 1. The number of carbonyl (C=O) groups is 1. The lowest BCUT2D eigenvalue weighted by Gasteiger charge is -2.53. The van der Waals surface area contributed by atoms with Gasteiger partial charge in [0, 0.05) is 57.3 Å². The molecule has 0 bridgehead atoms. The highest BCUT2D eigenvalue weighted by Gasteiger charge is 2.43. The van der Waals surface area contributed by atoms with Gasteiger partial charge in [-0.1, -0.05) is 30.3 Å². The van der Waals surface area contributed by atoms with Gasteiger partial charge in [0.05, 0.1) is 0 Å². The van der Waals surface area contributed by atoms with Crippen LogP contribution in [0.25, 0.3) is 0 Å². The van der Waals surface area contributed by atoms with Crippen LogP contribution in [0.2, 0.25) is 0 Å². The van der Waals surface area contributed by atoms with Crippen molar-refractivity contribution in [3.63, 3.8) is 0 Å². The van der Waals surface area contributed by atoms with Gasteiger partial charge in [0.1, 0.15) is 0 Å². The lowest BCUT2D eigenvalue weighted by Crippen LogP contribution is -2.61. The van der Waals surface area contributed by atoms with E-state index in [0.29, 0.717) is 0 Å². The summed E-state index contributed by atoms with van der Waals surface area (Å²) in [5, 5.41) is 0. The molecule has 25 heavy (non-hydrogen) atoms. The Hall–Kier alpha value is -1.39. The predicted molar refractivity (Wildman–Crippen MR) is 103 cm³/mol. The van der Waals surface area contributed by atoms with Crippen LogP contribution in [0.5, 0.6) is 0 Å². The van der Waals surface area contributed by atoms with Gasteiger partial charge in [-0.2, -0.15) is 0 Å². The summed E-state index contributed by atoms with van der Waals surface area (Å²) >= 11 is 0. The lowest BCUT2D eigenvalue weighted by molar-refractivity contribution is -0.132. The Balaban J connectivity index is 1.81. The molecule has 2 saturated heterocycles. The first kappa shape index (κ1) is 18.4. The highest BCUT2D eigenvalue weighted by molar-refractivity contribution is 5.73. The van der Waals surface area contributed by atoms with Crippen molar-refractivity contribution in [2.24, 2.45) is 0 Å². The first-order chi connectivity index (χ1) is 11.8. The molecule has 1 aromatic rings. The summed E-state index contributed by atoms with van der Waals surface area (Å²) in [5.74, 6) is 0.208. The third-order valence-corrected chi connectivity index (χ3v) is 6.18. The van der Waals surface area contributed by atoms with Crippen LogP contribution in [0.1, 0.15) is 46.1 Å². The molecule has 0 saturated carbocycles. The Morgan fingerprint density at radius 1 is 0.920 bits per heavy atom. The summed E-state index contributed by atoms with van der Waals surface area (Å²) in [6.07, 6.45) is 2.07. The standard InChI is InChI=1S/C21H33N3O/c1-18(25)22-12-10-21(11-13-22,19-8-6-5-7-9-19)24-16-14-23(15-17-24)20(2,3)4/h5-9H,10-17H2,1-4H3. The van der Waals surface area contributed by atoms with Crippen LogP contribution >= 0.6 is 0 Å². The Morgan fingerprint density at radius 2 is 1.48 bits per heavy atom. The van der Waals surface area contributed by atoms with E-state index in [9.17, 15) is 4.79 Å². The topological polar surface area (TPSA) is 26.8 Å². The molecular weight excluding hydrogens is 310 g/mol. The van der Waals surface area contributed by atoms with E-state index in [0.717, 1.165) is 52.1 Å². The van der Waals surface area contributed by atoms with Crippen LogP contribution in [0.15, 0.2) is 30.3 Å². The van der Waals surface area contributed by atoms with Crippen molar-refractivity contribution in [3.8, 4) is 0 Å². The lowest BCUT2D eigenvalue weighted by atomic mass is 9.78. The molecule has 2 fully saturated rings. The predicted octanol–water partition coefficient (Wildman–Crippen LogP) is 2.94. The van der Waals surface area contributed by atoms with Gasteiger partial charge >= 0.3 is 0 Å². The molecule has 2 aliphatic rings. The highest BCUT2D eigenvalue weighted by Crippen LogP contribution is 2.39. The fraction of sp³-hybridized carbons (Fsp3) is 0.667. The van der Waals surface area contributed by atoms with Crippen molar-refractivity contribution in [1.29, 1.82) is 0 Å². The number of nitrogens with zero attached hydrogens (tertiary/aromatic N) is 3. The zero-order valence-electron chi connectivity index (χ0n) is 16.3. The molecule has 1 aromatic carbocycles. The molecule has 4 heteroatoms. The molecule has 0 radical (unpaired) electrons. The number of amides is 1. The summed E-state index contributed by atoms with van der Waals surface area (Å²) in [4.78, 5) is 19.1. The SMILES string of the molecule is CC(=O)N1CCC(c2ccccc2)(N2CCN(C(C)(C)C)CC2)CC1. The molecule has 3 rings (SSSR count). The average Bonchev–Trinajstić information content (AvgIpc) is 2.62. The zero-order chi connectivity index (χ0) is 18.1. The first-order valence-corrected chi connectivity index (χ1v) is 9.64. The first-order valence-electron chi connectivity index (χ1n) is 9.64. The van der Waals surface area contributed by atoms with E-state index in [2.05, 4.69) is 60.9 Å². The second-order valence-electron chi connectivity index (χ2n) is 8.55. The van der Waals surface area contributed by atoms with Crippen LogP contribution < -0.4 is 0 Å². The third-order valence-electron chi connectivity index (χ3n) is 6.18. The maximum atomic E-state index is 11.8. The van der Waals surface area contributed by atoms with E-state index >= 15 is 0 Å². The van der Waals surface area contributed by atoms with E-state index < -0.39 is 0 Å². The van der Waals surface area contributed by atoms with Crippen molar-refractivity contribution in [1.82, 2.24) is 14.7 Å². The Labute approximate surface area is 152 Å². The minimum absolute atomic E-state index is 0.0805. The van der Waals surface area contributed by atoms with Crippen molar-refractivity contribution in [3.05, 3.63) is 35.9 Å². The van der Waals surface area contributed by atoms with Crippen molar-refractivity contribution in [2.75, 3.05) is 39.3 Å². The number of piperazine rings is 1. The van der Waals surface area contributed by atoms with Crippen LogP contribution in [0, 0.1) is 0 Å². The second kappa shape index (κ2) is 7.08. The maximum Gasteiger partial charge on any atom is 0.219 e. The normalized spacial score (nSPS) is 22.8. The van der Waals surface area contributed by atoms with Crippen molar-refractivity contribution < 1.29 is 4.79 Å². The van der Waals surface area contributed by atoms with Gasteiger partial charge in [0.2, 0.25) is 5.91 Å². The number of hydrogen-bond acceptors (Lipinski definition) is 3. The number of rotatable bonds is 2. The fourth-order valence-corrected chi connectivity index (χ4v) is 4.53. The average molecular weight is 344 g/mol. The quantitative estimate of drug-likeness (QED) is 0.826. The van der Waals surface area contributed by atoms with E-state index in [1.807, 2.05) is 4.90 Å². The summed E-state index contributed by atoms with van der Waals surface area (Å²) in [6.45, 7) is 14.8. The van der Waals surface area contributed by atoms with Gasteiger partial charge in [-0.05, 0) is 39.2 Å². The molecule has 0 unspecified atom stereocenters. The van der Waals surface area contributed by atoms with E-state index in [-0.39, 0.29) is 17.0 Å². The van der Waals surface area contributed by atoms with Gasteiger partial charge in [-0.25, -0.2) is 0 Å². The van der Waals surface area contributed by atoms with E-state index in [1.165, 1.54) is 5.56 Å². The second-order valence-corrected chi connectivity index (χ2v) is 8.55. The minimum atomic E-state index is 0.0805. The van der Waals surface area contributed by atoms with E-state index in [4.69, 9.17) is 0 Å². The zero-order valence-corrected chi connectivity index (χ0v) is 16.3. The smallest absolute Gasteiger partial charge is 0.219 e. The number of likely N-dealkylation sites (tertiary alicyclic amines) is 1. The summed E-state index contributed by atoms with van der Waals surface area (Å²) < 4.78 is 0. The van der Waals surface area contributed by atoms with Crippen LogP contribution in [-0.2, 0) is 10.3 Å². The van der Waals surface area contributed by atoms with Gasteiger partial charge < -0.3 is 4.90 Å². The summed E-state index contributed by atoms with van der Waals surface area (Å²) in [7, 11) is 0. The van der Waals surface area contributed by atoms with Crippen LogP contribution in [-0.4, -0.2) is 65.4 Å². The number of hydrogen-bond donors (Lipinski definition) is 0. The molecule has 2 aliphatic heterocycles. The molecular formula is C21H33N3O. The Morgan fingerprint density at radius 3 is 1.96 bits per heavy atom. The van der Waals surface area contributed by atoms with Crippen molar-refractivity contribution in [2.45, 2.75) is 51.6 Å². The molecule has 1 amide bonds. The Bertz CT molecular complexity index is 577. The fourth-order valence-electron chi connectivity index (χ4n) is 4.53. The number of carbonyl (C=O) groups excluding carboxylic acids is 1. The summed E-state index contributed by atoms with van der Waals surface area (Å²) in [5.41, 5.74) is 1.74.